The van der Waals surface area contributed by atoms with Gasteiger partial charge in [-0.15, -0.1) is 0 Å². The predicted molar refractivity (Wildman–Crippen MR) is 87.7 cm³/mol. The summed E-state index contributed by atoms with van der Waals surface area (Å²) in [6, 6.07) is 13.9. The van der Waals surface area contributed by atoms with Gasteiger partial charge in [-0.3, -0.25) is 0 Å². The van der Waals surface area contributed by atoms with Gasteiger partial charge in [-0.05, 0) is 47.9 Å². The number of hydrogen-bond acceptors (Lipinski definition) is 2. The molecule has 1 N–H and O–H groups in total. The van der Waals surface area contributed by atoms with Gasteiger partial charge in [-0.25, -0.2) is 0 Å². The Morgan fingerprint density at radius 3 is 2.48 bits per heavy atom. The molecule has 0 aliphatic carbocycles. The maximum absolute atomic E-state index is 6.15. The molecule has 0 saturated carbocycles. The molecule has 1 heterocycles. The van der Waals surface area contributed by atoms with Crippen LogP contribution in [0.25, 0.3) is 0 Å². The Labute approximate surface area is 135 Å². The first-order valence-corrected chi connectivity index (χ1v) is 7.68. The van der Waals surface area contributed by atoms with Gasteiger partial charge in [0.15, 0.2) is 0 Å². The smallest absolute Gasteiger partial charge is 0.122 e. The zero-order valence-corrected chi connectivity index (χ0v) is 13.3. The third-order valence-corrected chi connectivity index (χ3v) is 4.61. The lowest BCUT2D eigenvalue weighted by molar-refractivity contribution is 0.271. The highest BCUT2D eigenvalue weighted by molar-refractivity contribution is 6.31. The van der Waals surface area contributed by atoms with Crippen molar-refractivity contribution < 1.29 is 4.74 Å². The van der Waals surface area contributed by atoms with Crippen molar-refractivity contribution in [3.63, 3.8) is 0 Å². The lowest BCUT2D eigenvalue weighted by Gasteiger charge is -2.44. The molecular formula is C17H17Cl2NO. The Morgan fingerprint density at radius 1 is 1.10 bits per heavy atom. The Hall–Kier alpha value is -1.22. The van der Waals surface area contributed by atoms with E-state index < -0.39 is 0 Å². The largest absolute Gasteiger partial charge is 0.496 e. The molecule has 3 rings (SSSR count). The van der Waals surface area contributed by atoms with Crippen LogP contribution in [0.4, 0.5) is 0 Å². The van der Waals surface area contributed by atoms with Gasteiger partial charge in [0.1, 0.15) is 5.75 Å². The van der Waals surface area contributed by atoms with Crippen LogP contribution in [0.1, 0.15) is 11.1 Å². The highest BCUT2D eigenvalue weighted by atomic mass is 35.5. The second-order valence-electron chi connectivity index (χ2n) is 5.53. The monoisotopic (exact) mass is 321 g/mol. The molecule has 21 heavy (non-hydrogen) atoms. The summed E-state index contributed by atoms with van der Waals surface area (Å²) in [6.07, 6.45) is 0.879. The number of benzene rings is 2. The second kappa shape index (κ2) is 5.88. The summed E-state index contributed by atoms with van der Waals surface area (Å²) in [5.74, 6) is 0.882. The van der Waals surface area contributed by atoms with Crippen molar-refractivity contribution in [2.24, 2.45) is 0 Å². The second-order valence-corrected chi connectivity index (χ2v) is 6.40. The summed E-state index contributed by atoms with van der Waals surface area (Å²) in [6.45, 7) is 1.87. The molecule has 1 aliphatic rings. The zero-order chi connectivity index (χ0) is 14.9. The van der Waals surface area contributed by atoms with Crippen molar-refractivity contribution in [1.29, 1.82) is 0 Å². The Bertz CT molecular complexity index is 653. The van der Waals surface area contributed by atoms with Crippen LogP contribution >= 0.6 is 23.2 Å². The highest BCUT2D eigenvalue weighted by Gasteiger charge is 2.39. The van der Waals surface area contributed by atoms with Crippen molar-refractivity contribution in [3.05, 3.63) is 63.6 Å². The quantitative estimate of drug-likeness (QED) is 0.915. The summed E-state index contributed by atoms with van der Waals surface area (Å²) in [4.78, 5) is 0. The predicted octanol–water partition coefficient (Wildman–Crippen LogP) is 4.09. The standard InChI is InChI=1S/C17H17Cl2NO/c1-21-16-6-5-15(19)7-12(16)9-17(10-20-11-17)13-3-2-4-14(18)8-13/h2-8,20H,9-11H2,1H3. The molecule has 0 radical (unpaired) electrons. The maximum Gasteiger partial charge on any atom is 0.122 e. The van der Waals surface area contributed by atoms with Crippen LogP contribution in [0, 0.1) is 0 Å². The van der Waals surface area contributed by atoms with Crippen LogP contribution in [-0.4, -0.2) is 20.2 Å². The number of methoxy groups -OCH3 is 1. The van der Waals surface area contributed by atoms with Gasteiger partial charge in [-0.1, -0.05) is 35.3 Å². The van der Waals surface area contributed by atoms with Crippen molar-refractivity contribution in [3.8, 4) is 5.75 Å². The summed E-state index contributed by atoms with van der Waals surface area (Å²) < 4.78 is 5.47. The van der Waals surface area contributed by atoms with E-state index in [2.05, 4.69) is 17.4 Å². The molecule has 0 amide bonds. The molecule has 1 fully saturated rings. The van der Waals surface area contributed by atoms with Crippen LogP contribution in [0.5, 0.6) is 5.75 Å². The third kappa shape index (κ3) is 2.89. The number of rotatable bonds is 4. The van der Waals surface area contributed by atoms with E-state index >= 15 is 0 Å². The minimum atomic E-state index is 0.0584. The van der Waals surface area contributed by atoms with Gasteiger partial charge in [0.05, 0.1) is 7.11 Å². The van der Waals surface area contributed by atoms with E-state index in [4.69, 9.17) is 27.9 Å². The molecule has 2 nitrogen and oxygen atoms in total. The lowest BCUT2D eigenvalue weighted by Crippen LogP contribution is -2.58. The molecule has 0 atom stereocenters. The van der Waals surface area contributed by atoms with Crippen LogP contribution in [0.15, 0.2) is 42.5 Å². The van der Waals surface area contributed by atoms with Crippen LogP contribution in [0.3, 0.4) is 0 Å². The molecule has 4 heteroatoms. The molecule has 110 valence electrons. The molecule has 2 aromatic rings. The van der Waals surface area contributed by atoms with E-state index in [9.17, 15) is 0 Å². The lowest BCUT2D eigenvalue weighted by atomic mass is 9.71. The first-order valence-electron chi connectivity index (χ1n) is 6.92. The molecule has 0 unspecified atom stereocenters. The Morgan fingerprint density at radius 2 is 1.86 bits per heavy atom. The number of ether oxygens (including phenoxy) is 1. The number of hydrogen-bond donors (Lipinski definition) is 1. The van der Waals surface area contributed by atoms with Gasteiger partial charge in [-0.2, -0.15) is 0 Å². The van der Waals surface area contributed by atoms with Crippen LogP contribution in [-0.2, 0) is 11.8 Å². The molecule has 2 aromatic carbocycles. The van der Waals surface area contributed by atoms with E-state index in [1.165, 1.54) is 5.56 Å². The average molecular weight is 322 g/mol. The fourth-order valence-electron chi connectivity index (χ4n) is 2.93. The molecule has 1 saturated heterocycles. The van der Waals surface area contributed by atoms with Crippen molar-refractivity contribution in [2.45, 2.75) is 11.8 Å². The van der Waals surface area contributed by atoms with Crippen molar-refractivity contribution >= 4 is 23.2 Å². The molecular weight excluding hydrogens is 305 g/mol. The van der Waals surface area contributed by atoms with Gasteiger partial charge >= 0.3 is 0 Å². The summed E-state index contributed by atoms with van der Waals surface area (Å²) in [5.41, 5.74) is 2.45. The van der Waals surface area contributed by atoms with E-state index in [0.29, 0.717) is 0 Å². The molecule has 0 bridgehead atoms. The molecule has 0 spiro atoms. The minimum Gasteiger partial charge on any atom is -0.496 e. The van der Waals surface area contributed by atoms with Crippen molar-refractivity contribution in [2.75, 3.05) is 20.2 Å². The fraction of sp³-hybridized carbons (Fsp3) is 0.294. The van der Waals surface area contributed by atoms with Gasteiger partial charge in [0.2, 0.25) is 0 Å². The third-order valence-electron chi connectivity index (χ3n) is 4.14. The van der Waals surface area contributed by atoms with E-state index in [0.717, 1.165) is 40.9 Å². The van der Waals surface area contributed by atoms with E-state index in [1.54, 1.807) is 7.11 Å². The van der Waals surface area contributed by atoms with Crippen LogP contribution in [0.2, 0.25) is 10.0 Å². The normalized spacial score (nSPS) is 16.3. The zero-order valence-electron chi connectivity index (χ0n) is 11.8. The van der Waals surface area contributed by atoms with E-state index in [1.807, 2.05) is 30.3 Å². The first-order chi connectivity index (χ1) is 10.1. The van der Waals surface area contributed by atoms with Gasteiger partial charge in [0.25, 0.3) is 0 Å². The summed E-state index contributed by atoms with van der Waals surface area (Å²) in [7, 11) is 1.69. The van der Waals surface area contributed by atoms with Crippen LogP contribution < -0.4 is 10.1 Å². The average Bonchev–Trinajstić information content (AvgIpc) is 2.43. The van der Waals surface area contributed by atoms with Crippen molar-refractivity contribution in [1.82, 2.24) is 5.32 Å². The topological polar surface area (TPSA) is 21.3 Å². The van der Waals surface area contributed by atoms with Gasteiger partial charge in [0, 0.05) is 28.5 Å². The Balaban J connectivity index is 1.96. The molecule has 0 aromatic heterocycles. The fourth-order valence-corrected chi connectivity index (χ4v) is 3.31. The first kappa shape index (κ1) is 14.7. The Kier molecular flexibility index (Phi) is 4.12. The van der Waals surface area contributed by atoms with Gasteiger partial charge < -0.3 is 10.1 Å². The minimum absolute atomic E-state index is 0.0584. The summed E-state index contributed by atoms with van der Waals surface area (Å²) in [5, 5.41) is 4.89. The number of nitrogens with one attached hydrogen (secondary N) is 1. The molecule has 1 aliphatic heterocycles. The highest BCUT2D eigenvalue weighted by Crippen LogP contribution is 2.36. The SMILES string of the molecule is COc1ccc(Cl)cc1CC1(c2cccc(Cl)c2)CNC1. The summed E-state index contributed by atoms with van der Waals surface area (Å²) >= 11 is 12.3. The maximum atomic E-state index is 6.15. The van der Waals surface area contributed by atoms with E-state index in [-0.39, 0.29) is 5.41 Å². The number of halogens is 2.